The Balaban J connectivity index is 2.29. The van der Waals surface area contributed by atoms with E-state index in [1.807, 2.05) is 0 Å². The fourth-order valence-corrected chi connectivity index (χ4v) is 1.64. The molecule has 0 spiro atoms. The molecule has 2 heterocycles. The molecule has 0 aliphatic carbocycles. The van der Waals surface area contributed by atoms with Gasteiger partial charge in [0.25, 0.3) is 5.91 Å². The summed E-state index contributed by atoms with van der Waals surface area (Å²) in [4.78, 5) is 19.9. The van der Waals surface area contributed by atoms with E-state index in [-0.39, 0.29) is 11.7 Å². The minimum absolute atomic E-state index is 0.276. The van der Waals surface area contributed by atoms with Crippen LogP contribution in [0.4, 0.5) is 11.8 Å². The Kier molecular flexibility index (Phi) is 3.53. The summed E-state index contributed by atoms with van der Waals surface area (Å²) in [6, 6.07) is 1.61. The number of nitrogens with zero attached hydrogens (tertiary/aromatic N) is 4. The number of hydrogen-bond donors (Lipinski definition) is 3. The highest BCUT2D eigenvalue weighted by Gasteiger charge is 2.15. The third kappa shape index (κ3) is 2.46. The van der Waals surface area contributed by atoms with Crippen LogP contribution in [0.15, 0.2) is 23.1 Å². The summed E-state index contributed by atoms with van der Waals surface area (Å²) in [6.45, 7) is 0. The fraction of sp³-hybridized carbons (Fsp3) is 0.111. The van der Waals surface area contributed by atoms with Crippen molar-refractivity contribution in [1.82, 2.24) is 19.7 Å². The lowest BCUT2D eigenvalue weighted by atomic mass is 10.2. The molecule has 0 saturated carbocycles. The van der Waals surface area contributed by atoms with Gasteiger partial charge in [0.05, 0.1) is 5.56 Å². The van der Waals surface area contributed by atoms with Crippen LogP contribution in [0.5, 0.6) is 0 Å². The molecule has 94 valence electrons. The predicted octanol–water partition coefficient (Wildman–Crippen LogP) is 0.511. The summed E-state index contributed by atoms with van der Waals surface area (Å²) in [5.41, 5.74) is 2.66. The molecule has 0 fully saturated rings. The number of hydrogen-bond acceptors (Lipinski definition) is 6. The molecule has 0 unspecified atom stereocenters. The van der Waals surface area contributed by atoms with Crippen LogP contribution in [0.2, 0.25) is 0 Å². The molecule has 0 aliphatic rings. The van der Waals surface area contributed by atoms with Crippen molar-refractivity contribution in [3.63, 3.8) is 0 Å². The van der Waals surface area contributed by atoms with Crippen LogP contribution in [0.1, 0.15) is 10.4 Å². The Hall–Kier alpha value is -2.00. The first-order chi connectivity index (χ1) is 8.61. The topological polar surface area (TPSA) is 111 Å². The molecule has 2 rings (SSSR count). The van der Waals surface area contributed by atoms with Gasteiger partial charge < -0.3 is 5.43 Å². The van der Waals surface area contributed by atoms with Crippen molar-refractivity contribution in [3.8, 4) is 0 Å². The van der Waals surface area contributed by atoms with Gasteiger partial charge in [-0.15, -0.1) is 0 Å². The zero-order valence-electron chi connectivity index (χ0n) is 9.38. The molecule has 0 bridgehead atoms. The lowest BCUT2D eigenvalue weighted by Crippen LogP contribution is -2.20. The van der Waals surface area contributed by atoms with E-state index >= 15 is 0 Å². The summed E-state index contributed by atoms with van der Waals surface area (Å²) in [5.74, 6) is 5.53. The summed E-state index contributed by atoms with van der Waals surface area (Å²) in [6.07, 6.45) is 2.88. The molecule has 8 nitrogen and oxygen atoms in total. The quantitative estimate of drug-likeness (QED) is 0.562. The predicted molar refractivity (Wildman–Crippen MR) is 68.7 cm³/mol. The van der Waals surface area contributed by atoms with Crippen LogP contribution in [0.3, 0.4) is 0 Å². The van der Waals surface area contributed by atoms with Crippen molar-refractivity contribution in [2.75, 3.05) is 10.7 Å². The number of rotatable bonds is 3. The van der Waals surface area contributed by atoms with Crippen molar-refractivity contribution in [3.05, 3.63) is 28.6 Å². The Morgan fingerprint density at radius 3 is 2.89 bits per heavy atom. The SMILES string of the molecule is Cn1ncnc1NC(=O)c1cc(Br)cnc1NN. The van der Waals surface area contributed by atoms with Gasteiger partial charge in [0, 0.05) is 17.7 Å². The smallest absolute Gasteiger partial charge is 0.261 e. The van der Waals surface area contributed by atoms with Gasteiger partial charge in [0.2, 0.25) is 5.95 Å². The number of aryl methyl sites for hydroxylation is 1. The molecule has 0 saturated heterocycles. The Bertz CT molecular complexity index is 582. The summed E-state index contributed by atoms with van der Waals surface area (Å²) < 4.78 is 2.11. The van der Waals surface area contributed by atoms with E-state index in [1.54, 1.807) is 13.1 Å². The van der Waals surface area contributed by atoms with Gasteiger partial charge in [-0.2, -0.15) is 10.1 Å². The van der Waals surface area contributed by atoms with Crippen molar-refractivity contribution >= 4 is 33.6 Å². The molecule has 2 aromatic rings. The van der Waals surface area contributed by atoms with Gasteiger partial charge in [-0.3, -0.25) is 10.1 Å². The largest absolute Gasteiger partial charge is 0.308 e. The average molecular weight is 312 g/mol. The number of amides is 1. The normalized spacial score (nSPS) is 10.2. The fourth-order valence-electron chi connectivity index (χ4n) is 1.31. The highest BCUT2D eigenvalue weighted by Crippen LogP contribution is 2.18. The molecule has 4 N–H and O–H groups in total. The highest BCUT2D eigenvalue weighted by molar-refractivity contribution is 9.10. The first-order valence-corrected chi connectivity index (χ1v) is 5.68. The number of pyridine rings is 1. The van der Waals surface area contributed by atoms with Gasteiger partial charge >= 0.3 is 0 Å². The third-order valence-electron chi connectivity index (χ3n) is 2.17. The van der Waals surface area contributed by atoms with Crippen LogP contribution in [-0.4, -0.2) is 25.7 Å². The number of halogens is 1. The number of nitrogens with two attached hydrogens (primary N) is 1. The van der Waals surface area contributed by atoms with Crippen molar-refractivity contribution in [2.45, 2.75) is 0 Å². The zero-order valence-corrected chi connectivity index (χ0v) is 11.0. The second-order valence-corrected chi connectivity index (χ2v) is 4.27. The minimum atomic E-state index is -0.382. The lowest BCUT2D eigenvalue weighted by Gasteiger charge is -2.08. The number of carbonyl (C=O) groups excluding carboxylic acids is 1. The molecule has 0 atom stereocenters. The maximum Gasteiger partial charge on any atom is 0.261 e. The Labute approximate surface area is 111 Å². The molecule has 2 aromatic heterocycles. The molecular weight excluding hydrogens is 302 g/mol. The third-order valence-corrected chi connectivity index (χ3v) is 2.61. The maximum absolute atomic E-state index is 12.0. The van der Waals surface area contributed by atoms with E-state index in [2.05, 4.69) is 41.7 Å². The van der Waals surface area contributed by atoms with E-state index in [0.29, 0.717) is 16.0 Å². The number of aromatic nitrogens is 4. The Morgan fingerprint density at radius 1 is 1.50 bits per heavy atom. The molecular formula is C9H10BrN7O. The molecule has 1 amide bonds. The van der Waals surface area contributed by atoms with Crippen LogP contribution >= 0.6 is 15.9 Å². The number of hydrazine groups is 1. The van der Waals surface area contributed by atoms with Gasteiger partial charge in [-0.05, 0) is 22.0 Å². The second-order valence-electron chi connectivity index (χ2n) is 3.36. The number of nitrogen functional groups attached to an aromatic ring is 1. The van der Waals surface area contributed by atoms with E-state index in [4.69, 9.17) is 5.84 Å². The van der Waals surface area contributed by atoms with E-state index in [1.165, 1.54) is 17.2 Å². The number of anilines is 2. The second kappa shape index (κ2) is 5.10. The summed E-state index contributed by atoms with van der Waals surface area (Å²) in [5, 5.41) is 6.45. The van der Waals surface area contributed by atoms with Gasteiger partial charge in [-0.1, -0.05) is 0 Å². The summed E-state index contributed by atoms with van der Waals surface area (Å²) >= 11 is 3.24. The number of carbonyl (C=O) groups is 1. The van der Waals surface area contributed by atoms with Crippen LogP contribution in [0.25, 0.3) is 0 Å². The van der Waals surface area contributed by atoms with Crippen molar-refractivity contribution in [1.29, 1.82) is 0 Å². The molecule has 0 aromatic carbocycles. The lowest BCUT2D eigenvalue weighted by molar-refractivity contribution is 0.102. The van der Waals surface area contributed by atoms with E-state index in [9.17, 15) is 4.79 Å². The zero-order chi connectivity index (χ0) is 13.1. The first kappa shape index (κ1) is 12.5. The van der Waals surface area contributed by atoms with Crippen LogP contribution in [-0.2, 0) is 7.05 Å². The highest BCUT2D eigenvalue weighted by atomic mass is 79.9. The van der Waals surface area contributed by atoms with Gasteiger partial charge in [0.15, 0.2) is 5.82 Å². The van der Waals surface area contributed by atoms with Crippen molar-refractivity contribution in [2.24, 2.45) is 12.9 Å². The standard InChI is InChI=1S/C9H10BrN7O/c1-17-9(13-4-14-17)15-8(18)6-2-5(10)3-12-7(6)16-11/h2-4H,11H2,1H3,(H,12,16)(H,13,14,15,18). The number of nitrogens with one attached hydrogen (secondary N) is 2. The Morgan fingerprint density at radius 2 is 2.28 bits per heavy atom. The average Bonchev–Trinajstić information content (AvgIpc) is 2.75. The maximum atomic E-state index is 12.0. The molecule has 9 heteroatoms. The molecule has 18 heavy (non-hydrogen) atoms. The molecule has 0 radical (unpaired) electrons. The molecule has 0 aliphatic heterocycles. The van der Waals surface area contributed by atoms with Crippen molar-refractivity contribution < 1.29 is 4.79 Å². The first-order valence-electron chi connectivity index (χ1n) is 4.89. The van der Waals surface area contributed by atoms with Crippen LogP contribution in [0, 0.1) is 0 Å². The monoisotopic (exact) mass is 311 g/mol. The summed E-state index contributed by atoms with van der Waals surface area (Å²) in [7, 11) is 1.67. The van der Waals surface area contributed by atoms with Gasteiger partial charge in [0.1, 0.15) is 6.33 Å². The van der Waals surface area contributed by atoms with Gasteiger partial charge in [-0.25, -0.2) is 15.5 Å². The van der Waals surface area contributed by atoms with E-state index in [0.717, 1.165) is 0 Å². The van der Waals surface area contributed by atoms with E-state index < -0.39 is 0 Å². The minimum Gasteiger partial charge on any atom is -0.308 e. The van der Waals surface area contributed by atoms with Crippen LogP contribution < -0.4 is 16.6 Å².